The molecule has 1 unspecified atom stereocenters. The first-order chi connectivity index (χ1) is 22.5. The van der Waals surface area contributed by atoms with Crippen molar-refractivity contribution in [1.29, 1.82) is 0 Å². The molecule has 2 aliphatic rings. The van der Waals surface area contributed by atoms with Gasteiger partial charge in [0, 0.05) is 42.9 Å². The Morgan fingerprint density at radius 2 is 1.66 bits per heavy atom. The van der Waals surface area contributed by atoms with Gasteiger partial charge in [-0.25, -0.2) is 0 Å². The number of methoxy groups -OCH3 is 4. The molecule has 47 heavy (non-hydrogen) atoms. The number of nitrogens with one attached hydrogen (secondary N) is 1. The summed E-state index contributed by atoms with van der Waals surface area (Å²) in [6.45, 7) is 1.92. The molecular formula is C35H36ClNO10. The number of carbonyl (C=O) groups is 3. The van der Waals surface area contributed by atoms with Gasteiger partial charge in [0.15, 0.2) is 28.8 Å². The Morgan fingerprint density at radius 3 is 2.30 bits per heavy atom. The second-order valence-electron chi connectivity index (χ2n) is 11.4. The number of rotatable bonds is 11. The van der Waals surface area contributed by atoms with E-state index in [4.69, 9.17) is 35.3 Å². The van der Waals surface area contributed by atoms with Crippen molar-refractivity contribution in [3.8, 4) is 34.5 Å². The molecule has 0 saturated heterocycles. The number of carbonyl (C=O) groups excluding carboxylic acids is 3. The number of benzene rings is 3. The van der Waals surface area contributed by atoms with E-state index in [-0.39, 0.29) is 57.7 Å². The van der Waals surface area contributed by atoms with E-state index in [9.17, 15) is 24.6 Å². The van der Waals surface area contributed by atoms with Crippen LogP contribution in [0.3, 0.4) is 0 Å². The maximum absolute atomic E-state index is 14.3. The molecule has 3 N–H and O–H groups in total. The molecule has 5 rings (SSSR count). The van der Waals surface area contributed by atoms with E-state index in [1.807, 2.05) is 24.3 Å². The summed E-state index contributed by atoms with van der Waals surface area (Å²) in [6.07, 6.45) is 0.0831. The molecule has 1 amide bonds. The molecular weight excluding hydrogens is 630 g/mol. The minimum atomic E-state index is -2.03. The number of aliphatic hydroxyl groups is 1. The van der Waals surface area contributed by atoms with Crippen LogP contribution in [0.5, 0.6) is 34.5 Å². The normalized spacial score (nSPS) is 19.2. The summed E-state index contributed by atoms with van der Waals surface area (Å²) in [5.41, 5.74) is -0.815. The summed E-state index contributed by atoms with van der Waals surface area (Å²) in [4.78, 5) is 41.5. The molecule has 3 aromatic rings. The van der Waals surface area contributed by atoms with Gasteiger partial charge < -0.3 is 39.2 Å². The number of ether oxygens (including phenoxy) is 5. The maximum atomic E-state index is 14.3. The minimum absolute atomic E-state index is 0.00281. The molecule has 1 spiro atoms. The van der Waals surface area contributed by atoms with Gasteiger partial charge in [-0.3, -0.25) is 14.4 Å². The van der Waals surface area contributed by atoms with E-state index in [1.165, 1.54) is 45.6 Å². The highest BCUT2D eigenvalue weighted by molar-refractivity contribution is 6.35. The van der Waals surface area contributed by atoms with E-state index >= 15 is 0 Å². The molecule has 0 bridgehead atoms. The van der Waals surface area contributed by atoms with E-state index in [0.29, 0.717) is 18.5 Å². The van der Waals surface area contributed by atoms with E-state index < -0.39 is 40.7 Å². The lowest BCUT2D eigenvalue weighted by Crippen LogP contribution is -2.53. The predicted molar refractivity (Wildman–Crippen MR) is 172 cm³/mol. The average Bonchev–Trinajstić information content (AvgIpc) is 3.38. The molecule has 11 nitrogen and oxygen atoms in total. The molecule has 3 atom stereocenters. The van der Waals surface area contributed by atoms with E-state index in [2.05, 4.69) is 5.32 Å². The van der Waals surface area contributed by atoms with Crippen LogP contribution in [0.2, 0.25) is 5.02 Å². The van der Waals surface area contributed by atoms with Crippen LogP contribution < -0.4 is 29.0 Å². The number of fused-ring (bicyclic) bond motifs is 1. The third-order valence-corrected chi connectivity index (χ3v) is 9.11. The number of hydrogen-bond donors (Lipinski definition) is 3. The van der Waals surface area contributed by atoms with Crippen LogP contribution in [0.15, 0.2) is 59.9 Å². The lowest BCUT2D eigenvalue weighted by molar-refractivity contribution is -0.121. The maximum Gasteiger partial charge on any atom is 0.231 e. The number of halogens is 1. The average molecular weight is 666 g/mol. The van der Waals surface area contributed by atoms with Gasteiger partial charge in [-0.15, -0.1) is 0 Å². The lowest BCUT2D eigenvalue weighted by Gasteiger charge is -2.38. The van der Waals surface area contributed by atoms with Gasteiger partial charge in [-0.05, 0) is 41.8 Å². The van der Waals surface area contributed by atoms with Crippen molar-refractivity contribution in [2.24, 2.45) is 5.92 Å². The van der Waals surface area contributed by atoms with Crippen LogP contribution in [-0.4, -0.2) is 68.3 Å². The van der Waals surface area contributed by atoms with Gasteiger partial charge in [0.1, 0.15) is 27.8 Å². The Morgan fingerprint density at radius 1 is 0.979 bits per heavy atom. The van der Waals surface area contributed by atoms with Crippen molar-refractivity contribution >= 4 is 29.1 Å². The number of phenols is 1. The van der Waals surface area contributed by atoms with Crippen molar-refractivity contribution in [2.45, 2.75) is 37.7 Å². The first-order valence-corrected chi connectivity index (χ1v) is 15.3. The molecule has 0 aromatic heterocycles. The van der Waals surface area contributed by atoms with Crippen LogP contribution in [0, 0.1) is 5.92 Å². The summed E-state index contributed by atoms with van der Waals surface area (Å²) < 4.78 is 27.6. The Balaban J connectivity index is 1.55. The topological polar surface area (TPSA) is 150 Å². The quantitative estimate of drug-likeness (QED) is 0.245. The molecule has 3 aromatic carbocycles. The first-order valence-electron chi connectivity index (χ1n) is 14.9. The summed E-state index contributed by atoms with van der Waals surface area (Å²) in [5.74, 6) is -3.08. The van der Waals surface area contributed by atoms with Gasteiger partial charge in [0.25, 0.3) is 0 Å². The Bertz CT molecular complexity index is 1750. The van der Waals surface area contributed by atoms with Crippen molar-refractivity contribution in [3.63, 3.8) is 0 Å². The molecule has 248 valence electrons. The first kappa shape index (κ1) is 33.5. The lowest BCUT2D eigenvalue weighted by atomic mass is 9.69. The molecule has 1 aliphatic carbocycles. The van der Waals surface area contributed by atoms with Crippen LogP contribution >= 0.6 is 11.6 Å². The molecule has 0 saturated carbocycles. The summed E-state index contributed by atoms with van der Waals surface area (Å²) in [7, 11) is 5.72. The SMILES string of the molecule is COc1ccc(CCNC(=O)CC(C2=C(O)[C@@]3(Oc4c(Cl)c(OC)cc(OC)c4C3=O)[C@H](C)CC2=O)c2ccc(O)c(OC)c2)cc1. The van der Waals surface area contributed by atoms with Gasteiger partial charge in [-0.2, -0.15) is 0 Å². The van der Waals surface area contributed by atoms with Crippen LogP contribution in [-0.2, 0) is 16.0 Å². The largest absolute Gasteiger partial charge is 0.507 e. The van der Waals surface area contributed by atoms with Crippen LogP contribution in [0.25, 0.3) is 0 Å². The Kier molecular flexibility index (Phi) is 9.58. The molecule has 1 heterocycles. The second-order valence-corrected chi connectivity index (χ2v) is 11.8. The smallest absolute Gasteiger partial charge is 0.231 e. The molecule has 1 aliphatic heterocycles. The number of amides is 1. The third kappa shape index (κ3) is 5.91. The zero-order valence-electron chi connectivity index (χ0n) is 26.6. The summed E-state index contributed by atoms with van der Waals surface area (Å²) in [6, 6.07) is 13.3. The number of aromatic hydroxyl groups is 1. The van der Waals surface area contributed by atoms with Gasteiger partial charge in [0.2, 0.25) is 17.3 Å². The molecule has 0 fully saturated rings. The molecule has 12 heteroatoms. The number of ketones is 2. The number of phenolic OH excluding ortho intramolecular Hbond substituents is 1. The highest BCUT2D eigenvalue weighted by Crippen LogP contribution is 2.56. The zero-order valence-corrected chi connectivity index (χ0v) is 27.4. The standard InChI is InChI=1S/C35H36ClNO10/c1-18-14-24(39)29(33(41)35(18)34(42)30-26(45-4)17-27(46-5)31(36)32(30)47-35)22(20-8-11-23(38)25(15-20)44-3)16-28(40)37-13-12-19-6-9-21(43-2)10-7-19/h6-11,15,17-18,22,38,41H,12-14,16H2,1-5H3,(H,37,40)/t18-,22?,35+/m1/s1. The van der Waals surface area contributed by atoms with Crippen molar-refractivity contribution < 1.29 is 48.3 Å². The van der Waals surface area contributed by atoms with E-state index in [1.54, 1.807) is 14.0 Å². The number of allylic oxidation sites excluding steroid dienone is 1. The van der Waals surface area contributed by atoms with Gasteiger partial charge in [-0.1, -0.05) is 36.7 Å². The third-order valence-electron chi connectivity index (χ3n) is 8.75. The highest BCUT2D eigenvalue weighted by Gasteiger charge is 2.61. The van der Waals surface area contributed by atoms with Crippen molar-refractivity contribution in [2.75, 3.05) is 35.0 Å². The van der Waals surface area contributed by atoms with Crippen molar-refractivity contribution in [3.05, 3.63) is 81.6 Å². The fourth-order valence-electron chi connectivity index (χ4n) is 6.23. The second kappa shape index (κ2) is 13.4. The zero-order chi connectivity index (χ0) is 34.0. The summed E-state index contributed by atoms with van der Waals surface area (Å²) >= 11 is 6.58. The number of hydrogen-bond acceptors (Lipinski definition) is 10. The predicted octanol–water partition coefficient (Wildman–Crippen LogP) is 5.35. The van der Waals surface area contributed by atoms with Crippen molar-refractivity contribution in [1.82, 2.24) is 5.32 Å². The van der Waals surface area contributed by atoms with Gasteiger partial charge in [0.05, 0.1) is 28.4 Å². The monoisotopic (exact) mass is 665 g/mol. The van der Waals surface area contributed by atoms with Crippen LogP contribution in [0.1, 0.15) is 47.2 Å². The number of Topliss-reactive ketones (excluding diaryl/α,β-unsaturated/α-hetero) is 2. The Labute approximate surface area is 277 Å². The molecule has 0 radical (unpaired) electrons. The summed E-state index contributed by atoms with van der Waals surface area (Å²) in [5, 5.41) is 25.2. The van der Waals surface area contributed by atoms with Gasteiger partial charge >= 0.3 is 0 Å². The number of aliphatic hydroxyl groups excluding tert-OH is 1. The minimum Gasteiger partial charge on any atom is -0.507 e. The van der Waals surface area contributed by atoms with E-state index in [0.717, 1.165) is 11.3 Å². The van der Waals surface area contributed by atoms with Crippen LogP contribution in [0.4, 0.5) is 0 Å². The fraction of sp³-hybridized carbons (Fsp3) is 0.343. The highest BCUT2D eigenvalue weighted by atomic mass is 35.5. The fourth-order valence-corrected chi connectivity index (χ4v) is 6.50. The Hall–Kier alpha value is -4.90.